The molecule has 5 aromatic rings. The summed E-state index contributed by atoms with van der Waals surface area (Å²) >= 11 is 0. The maximum Gasteiger partial charge on any atom is 0.224 e. The van der Waals surface area contributed by atoms with Crippen LogP contribution in [0.3, 0.4) is 0 Å². The van der Waals surface area contributed by atoms with E-state index in [9.17, 15) is 0 Å². The van der Waals surface area contributed by atoms with Crippen molar-refractivity contribution in [3.05, 3.63) is 61.3 Å². The van der Waals surface area contributed by atoms with Crippen LogP contribution in [0.5, 0.6) is 5.88 Å². The fraction of sp³-hybridized carbons (Fsp3) is 0.355. The molecule has 7 rings (SSSR count). The lowest BCUT2D eigenvalue weighted by Gasteiger charge is -2.33. The van der Waals surface area contributed by atoms with Crippen LogP contribution in [0.25, 0.3) is 44.2 Å². The van der Waals surface area contributed by atoms with Crippen molar-refractivity contribution in [2.24, 2.45) is 0 Å². The number of piperidine rings is 1. The summed E-state index contributed by atoms with van der Waals surface area (Å²) < 4.78 is 6.40. The molecule has 0 atom stereocenters. The third kappa shape index (κ3) is 4.87. The van der Waals surface area contributed by atoms with Gasteiger partial charge in [0.15, 0.2) is 0 Å². The van der Waals surface area contributed by atoms with Gasteiger partial charge in [-0.1, -0.05) is 6.07 Å². The number of hydrogen-bond acceptors (Lipinski definition) is 8. The highest BCUT2D eigenvalue weighted by molar-refractivity contribution is 5.98. The molecule has 2 aliphatic rings. The summed E-state index contributed by atoms with van der Waals surface area (Å²) in [6, 6.07) is 12.8. The molecular formula is C31H34N8O. The highest BCUT2D eigenvalue weighted by Gasteiger charge is 2.20. The minimum atomic E-state index is 0.175. The van der Waals surface area contributed by atoms with E-state index in [1.807, 2.05) is 24.7 Å². The SMILES string of the molecule is CN1CCC(Oc2ncnc3ccc(-c4c[nH]c5ncc(-c6ccc(N7CCN(C)CC7)nc6)cc45)cc23)CC1. The van der Waals surface area contributed by atoms with E-state index < -0.39 is 0 Å². The van der Waals surface area contributed by atoms with Gasteiger partial charge in [0.2, 0.25) is 5.88 Å². The van der Waals surface area contributed by atoms with Gasteiger partial charge in [-0.15, -0.1) is 0 Å². The molecule has 1 aromatic carbocycles. The second-order valence-electron chi connectivity index (χ2n) is 11.0. The molecule has 0 aliphatic carbocycles. The molecule has 9 heteroatoms. The number of piperazine rings is 1. The molecule has 1 N–H and O–H groups in total. The number of pyridine rings is 2. The second kappa shape index (κ2) is 10.5. The fourth-order valence-corrected chi connectivity index (χ4v) is 5.73. The second-order valence-corrected chi connectivity index (χ2v) is 11.0. The molecule has 2 aliphatic heterocycles. The average molecular weight is 535 g/mol. The number of likely N-dealkylation sites (N-methyl/N-ethyl adjacent to an activating group) is 1. The maximum absolute atomic E-state index is 6.40. The normalized spacial score (nSPS) is 17.6. The van der Waals surface area contributed by atoms with E-state index in [4.69, 9.17) is 14.7 Å². The first-order valence-corrected chi connectivity index (χ1v) is 14.1. The van der Waals surface area contributed by atoms with Gasteiger partial charge in [-0.3, -0.25) is 0 Å². The Morgan fingerprint density at radius 3 is 2.30 bits per heavy atom. The smallest absolute Gasteiger partial charge is 0.224 e. The number of aromatic amines is 1. The van der Waals surface area contributed by atoms with Crippen LogP contribution in [0.15, 0.2) is 61.3 Å². The molecule has 0 unspecified atom stereocenters. The number of ether oxygens (including phenoxy) is 1. The minimum Gasteiger partial charge on any atom is -0.474 e. The zero-order chi connectivity index (χ0) is 27.1. The molecule has 9 nitrogen and oxygen atoms in total. The van der Waals surface area contributed by atoms with Crippen molar-refractivity contribution in [3.63, 3.8) is 0 Å². The molecule has 0 amide bonds. The highest BCUT2D eigenvalue weighted by atomic mass is 16.5. The molecule has 2 saturated heterocycles. The molecule has 0 radical (unpaired) electrons. The quantitative estimate of drug-likeness (QED) is 0.354. The van der Waals surface area contributed by atoms with E-state index in [1.165, 1.54) is 0 Å². The van der Waals surface area contributed by atoms with Crippen molar-refractivity contribution in [3.8, 4) is 28.1 Å². The van der Waals surface area contributed by atoms with Gasteiger partial charge in [0.05, 0.1) is 10.9 Å². The van der Waals surface area contributed by atoms with E-state index >= 15 is 0 Å². The van der Waals surface area contributed by atoms with Gasteiger partial charge in [0, 0.05) is 79.9 Å². The fourth-order valence-electron chi connectivity index (χ4n) is 5.73. The number of fused-ring (bicyclic) bond motifs is 2. The van der Waals surface area contributed by atoms with E-state index in [0.717, 1.165) is 102 Å². The minimum absolute atomic E-state index is 0.175. The number of hydrogen-bond donors (Lipinski definition) is 1. The summed E-state index contributed by atoms with van der Waals surface area (Å²) in [6.45, 7) is 6.21. The van der Waals surface area contributed by atoms with Crippen LogP contribution < -0.4 is 9.64 Å². The summed E-state index contributed by atoms with van der Waals surface area (Å²) in [4.78, 5) is 28.9. The number of likely N-dealkylation sites (tertiary alicyclic amines) is 1. The Hall–Kier alpha value is -4.08. The zero-order valence-electron chi connectivity index (χ0n) is 23.0. The van der Waals surface area contributed by atoms with Crippen LogP contribution in [-0.2, 0) is 0 Å². The van der Waals surface area contributed by atoms with Gasteiger partial charge in [-0.05, 0) is 62.8 Å². The van der Waals surface area contributed by atoms with Crippen LogP contribution in [0.1, 0.15) is 12.8 Å². The molecule has 6 heterocycles. The van der Waals surface area contributed by atoms with Gasteiger partial charge >= 0.3 is 0 Å². The standard InChI is InChI=1S/C31H34N8O/c1-37-9-7-24(8-10-37)40-31-26-15-21(3-5-28(26)35-20-36-31)27-19-34-30-25(27)16-23(18-33-30)22-4-6-29(32-17-22)39-13-11-38(2)12-14-39/h3-6,15-20,24H,7-14H2,1-2H3,(H,33,34). The van der Waals surface area contributed by atoms with Crippen molar-refractivity contribution in [2.45, 2.75) is 18.9 Å². The highest BCUT2D eigenvalue weighted by Crippen LogP contribution is 2.34. The lowest BCUT2D eigenvalue weighted by molar-refractivity contribution is 0.111. The van der Waals surface area contributed by atoms with Crippen LogP contribution in [-0.4, -0.2) is 94.2 Å². The van der Waals surface area contributed by atoms with Crippen LogP contribution in [0.2, 0.25) is 0 Å². The number of aromatic nitrogens is 5. The topological polar surface area (TPSA) is 86.3 Å². The van der Waals surface area contributed by atoms with Crippen molar-refractivity contribution in [1.82, 2.24) is 34.7 Å². The first-order chi connectivity index (χ1) is 19.6. The lowest BCUT2D eigenvalue weighted by atomic mass is 10.0. The Labute approximate surface area is 233 Å². The molecule has 40 heavy (non-hydrogen) atoms. The third-order valence-corrected chi connectivity index (χ3v) is 8.29. The molecular weight excluding hydrogens is 500 g/mol. The molecule has 204 valence electrons. The first-order valence-electron chi connectivity index (χ1n) is 14.1. The predicted octanol–water partition coefficient (Wildman–Crippen LogP) is 4.46. The van der Waals surface area contributed by atoms with Crippen molar-refractivity contribution >= 4 is 27.8 Å². The Morgan fingerprint density at radius 1 is 0.750 bits per heavy atom. The summed E-state index contributed by atoms with van der Waals surface area (Å²) in [5.41, 5.74) is 5.99. The van der Waals surface area contributed by atoms with Gasteiger partial charge in [0.25, 0.3) is 0 Å². The maximum atomic E-state index is 6.40. The average Bonchev–Trinajstić information content (AvgIpc) is 3.42. The van der Waals surface area contributed by atoms with Crippen LogP contribution in [0.4, 0.5) is 5.82 Å². The van der Waals surface area contributed by atoms with E-state index in [2.05, 4.69) is 74.1 Å². The van der Waals surface area contributed by atoms with Gasteiger partial charge in [-0.25, -0.2) is 19.9 Å². The van der Waals surface area contributed by atoms with Crippen molar-refractivity contribution in [1.29, 1.82) is 0 Å². The summed E-state index contributed by atoms with van der Waals surface area (Å²) in [7, 11) is 4.32. The number of anilines is 1. The number of benzene rings is 1. The first kappa shape index (κ1) is 24.9. The predicted molar refractivity (Wildman–Crippen MR) is 159 cm³/mol. The van der Waals surface area contributed by atoms with Crippen LogP contribution in [0, 0.1) is 0 Å². The lowest BCUT2D eigenvalue weighted by Crippen LogP contribution is -2.44. The Morgan fingerprint density at radius 2 is 1.50 bits per heavy atom. The number of nitrogens with one attached hydrogen (secondary N) is 1. The summed E-state index contributed by atoms with van der Waals surface area (Å²) in [5.74, 6) is 1.69. The molecule has 0 saturated carbocycles. The largest absolute Gasteiger partial charge is 0.474 e. The van der Waals surface area contributed by atoms with E-state index in [-0.39, 0.29) is 6.10 Å². The summed E-state index contributed by atoms with van der Waals surface area (Å²) in [5, 5.41) is 2.00. The van der Waals surface area contributed by atoms with E-state index in [0.29, 0.717) is 5.88 Å². The molecule has 4 aromatic heterocycles. The molecule has 0 bridgehead atoms. The number of rotatable bonds is 5. The van der Waals surface area contributed by atoms with Crippen molar-refractivity contribution in [2.75, 3.05) is 58.3 Å². The van der Waals surface area contributed by atoms with E-state index in [1.54, 1.807) is 6.33 Å². The van der Waals surface area contributed by atoms with Gasteiger partial charge in [-0.2, -0.15) is 0 Å². The third-order valence-electron chi connectivity index (χ3n) is 8.29. The Bertz CT molecular complexity index is 1630. The number of nitrogens with zero attached hydrogens (tertiary/aromatic N) is 7. The summed E-state index contributed by atoms with van der Waals surface area (Å²) in [6.07, 6.45) is 9.68. The van der Waals surface area contributed by atoms with Gasteiger partial charge < -0.3 is 24.4 Å². The van der Waals surface area contributed by atoms with Gasteiger partial charge in [0.1, 0.15) is 23.9 Å². The van der Waals surface area contributed by atoms with Crippen LogP contribution >= 0.6 is 0 Å². The Kier molecular flexibility index (Phi) is 6.53. The molecule has 0 spiro atoms. The van der Waals surface area contributed by atoms with Crippen molar-refractivity contribution < 1.29 is 4.74 Å². The monoisotopic (exact) mass is 534 g/mol. The zero-order valence-corrected chi connectivity index (χ0v) is 23.0. The Balaban J connectivity index is 1.19. The number of H-pyrrole nitrogens is 1. The molecule has 2 fully saturated rings.